The SMILES string of the molecule is CCOCC(=O)N1CCCC1c1ccccc1. The Labute approximate surface area is 102 Å². The number of amides is 1. The third kappa shape index (κ3) is 2.86. The first-order valence-electron chi connectivity index (χ1n) is 6.25. The van der Waals surface area contributed by atoms with Gasteiger partial charge in [0.1, 0.15) is 6.61 Å². The van der Waals surface area contributed by atoms with Crippen molar-refractivity contribution in [2.75, 3.05) is 19.8 Å². The largest absolute Gasteiger partial charge is 0.372 e. The van der Waals surface area contributed by atoms with Crippen LogP contribution in [0.15, 0.2) is 30.3 Å². The molecule has 92 valence electrons. The van der Waals surface area contributed by atoms with Gasteiger partial charge in [-0.15, -0.1) is 0 Å². The smallest absolute Gasteiger partial charge is 0.249 e. The second-order valence-electron chi connectivity index (χ2n) is 4.29. The minimum Gasteiger partial charge on any atom is -0.372 e. The van der Waals surface area contributed by atoms with Crippen LogP contribution in [0, 0.1) is 0 Å². The molecular formula is C14H19NO2. The molecule has 1 heterocycles. The van der Waals surface area contributed by atoms with Crippen molar-refractivity contribution in [3.63, 3.8) is 0 Å². The molecule has 3 heteroatoms. The van der Waals surface area contributed by atoms with E-state index in [1.54, 1.807) is 0 Å². The number of carbonyl (C=O) groups is 1. The van der Waals surface area contributed by atoms with Crippen molar-refractivity contribution in [1.29, 1.82) is 0 Å². The zero-order chi connectivity index (χ0) is 12.1. The van der Waals surface area contributed by atoms with Gasteiger partial charge in [-0.1, -0.05) is 30.3 Å². The molecule has 0 aromatic heterocycles. The van der Waals surface area contributed by atoms with Crippen LogP contribution in [0.4, 0.5) is 0 Å². The quantitative estimate of drug-likeness (QED) is 0.799. The first kappa shape index (κ1) is 12.1. The Morgan fingerprint density at radius 3 is 2.88 bits per heavy atom. The summed E-state index contributed by atoms with van der Waals surface area (Å²) < 4.78 is 5.20. The van der Waals surface area contributed by atoms with Crippen molar-refractivity contribution in [3.8, 4) is 0 Å². The summed E-state index contributed by atoms with van der Waals surface area (Å²) in [5, 5.41) is 0. The summed E-state index contributed by atoms with van der Waals surface area (Å²) in [5.41, 5.74) is 1.23. The molecule has 1 atom stereocenters. The van der Waals surface area contributed by atoms with Crippen molar-refractivity contribution in [2.45, 2.75) is 25.8 Å². The minimum atomic E-state index is 0.109. The highest BCUT2D eigenvalue weighted by atomic mass is 16.5. The fraction of sp³-hybridized carbons (Fsp3) is 0.500. The molecule has 0 N–H and O–H groups in total. The fourth-order valence-electron chi connectivity index (χ4n) is 2.36. The van der Waals surface area contributed by atoms with Gasteiger partial charge in [0, 0.05) is 13.2 Å². The molecule has 17 heavy (non-hydrogen) atoms. The van der Waals surface area contributed by atoms with Crippen molar-refractivity contribution in [3.05, 3.63) is 35.9 Å². The van der Waals surface area contributed by atoms with Crippen LogP contribution in [0.3, 0.4) is 0 Å². The van der Waals surface area contributed by atoms with Gasteiger partial charge in [-0.2, -0.15) is 0 Å². The third-order valence-electron chi connectivity index (χ3n) is 3.19. The van der Waals surface area contributed by atoms with E-state index < -0.39 is 0 Å². The Bertz CT molecular complexity index is 364. The van der Waals surface area contributed by atoms with Crippen LogP contribution in [-0.2, 0) is 9.53 Å². The van der Waals surface area contributed by atoms with E-state index in [9.17, 15) is 4.79 Å². The molecule has 1 aliphatic heterocycles. The molecule has 0 radical (unpaired) electrons. The lowest BCUT2D eigenvalue weighted by Crippen LogP contribution is -2.33. The van der Waals surface area contributed by atoms with Gasteiger partial charge in [0.05, 0.1) is 6.04 Å². The standard InChI is InChI=1S/C14H19NO2/c1-2-17-11-14(16)15-10-6-9-13(15)12-7-4-3-5-8-12/h3-5,7-8,13H,2,6,9-11H2,1H3. The Morgan fingerprint density at radius 2 is 2.18 bits per heavy atom. The summed E-state index contributed by atoms with van der Waals surface area (Å²) in [4.78, 5) is 13.9. The first-order valence-corrected chi connectivity index (χ1v) is 6.25. The van der Waals surface area contributed by atoms with Crippen molar-refractivity contribution in [1.82, 2.24) is 4.90 Å². The number of hydrogen-bond donors (Lipinski definition) is 0. The molecule has 3 nitrogen and oxygen atoms in total. The summed E-state index contributed by atoms with van der Waals surface area (Å²) in [6.07, 6.45) is 2.14. The number of nitrogens with zero attached hydrogens (tertiary/aromatic N) is 1. The van der Waals surface area contributed by atoms with Crippen molar-refractivity contribution < 1.29 is 9.53 Å². The molecule has 1 aromatic rings. The Hall–Kier alpha value is -1.35. The molecule has 1 fully saturated rings. The third-order valence-corrected chi connectivity index (χ3v) is 3.19. The van der Waals surface area contributed by atoms with Crippen LogP contribution in [0.1, 0.15) is 31.4 Å². The van der Waals surface area contributed by atoms with Crippen LogP contribution in [-0.4, -0.2) is 30.6 Å². The molecule has 1 saturated heterocycles. The normalized spacial score (nSPS) is 19.6. The topological polar surface area (TPSA) is 29.5 Å². The number of rotatable bonds is 4. The highest BCUT2D eigenvalue weighted by Gasteiger charge is 2.29. The zero-order valence-electron chi connectivity index (χ0n) is 10.3. The van der Waals surface area contributed by atoms with Gasteiger partial charge in [0.2, 0.25) is 5.91 Å². The van der Waals surface area contributed by atoms with E-state index in [1.165, 1.54) is 5.56 Å². The van der Waals surface area contributed by atoms with Crippen LogP contribution >= 0.6 is 0 Å². The van der Waals surface area contributed by atoms with Crippen molar-refractivity contribution in [2.24, 2.45) is 0 Å². The van der Waals surface area contributed by atoms with Gasteiger partial charge < -0.3 is 9.64 Å². The van der Waals surface area contributed by atoms with Gasteiger partial charge in [0.25, 0.3) is 0 Å². The number of benzene rings is 1. The maximum absolute atomic E-state index is 12.0. The highest BCUT2D eigenvalue weighted by Crippen LogP contribution is 2.31. The number of hydrogen-bond acceptors (Lipinski definition) is 2. The van der Waals surface area contributed by atoms with E-state index in [4.69, 9.17) is 4.74 Å². The molecule has 1 aromatic carbocycles. The number of carbonyl (C=O) groups excluding carboxylic acids is 1. The number of ether oxygens (including phenoxy) is 1. The van der Waals surface area contributed by atoms with Gasteiger partial charge >= 0.3 is 0 Å². The van der Waals surface area contributed by atoms with Crippen LogP contribution in [0.25, 0.3) is 0 Å². The summed E-state index contributed by atoms with van der Waals surface area (Å²) in [5.74, 6) is 0.109. The van der Waals surface area contributed by atoms with E-state index in [0.717, 1.165) is 19.4 Å². The summed E-state index contributed by atoms with van der Waals surface area (Å²) in [6, 6.07) is 10.5. The molecule has 2 rings (SSSR count). The summed E-state index contributed by atoms with van der Waals surface area (Å²) >= 11 is 0. The monoisotopic (exact) mass is 233 g/mol. The predicted octanol–water partition coefficient (Wildman–Crippen LogP) is 2.39. The predicted molar refractivity (Wildman–Crippen MR) is 66.6 cm³/mol. The lowest BCUT2D eigenvalue weighted by Gasteiger charge is -2.25. The Balaban J connectivity index is 2.05. The molecule has 0 aliphatic carbocycles. The molecule has 0 saturated carbocycles. The van der Waals surface area contributed by atoms with Crippen molar-refractivity contribution >= 4 is 5.91 Å². The summed E-state index contributed by atoms with van der Waals surface area (Å²) in [6.45, 7) is 3.56. The van der Waals surface area contributed by atoms with E-state index in [0.29, 0.717) is 6.61 Å². The first-order chi connectivity index (χ1) is 8.33. The van der Waals surface area contributed by atoms with Gasteiger partial charge in [-0.25, -0.2) is 0 Å². The van der Waals surface area contributed by atoms with Crippen LogP contribution in [0.5, 0.6) is 0 Å². The maximum atomic E-state index is 12.0. The molecule has 1 unspecified atom stereocenters. The molecule has 1 amide bonds. The zero-order valence-corrected chi connectivity index (χ0v) is 10.3. The van der Waals surface area contributed by atoms with E-state index >= 15 is 0 Å². The van der Waals surface area contributed by atoms with Gasteiger partial charge in [0.15, 0.2) is 0 Å². The molecule has 1 aliphatic rings. The van der Waals surface area contributed by atoms with E-state index in [-0.39, 0.29) is 18.6 Å². The molecule has 0 bridgehead atoms. The average molecular weight is 233 g/mol. The van der Waals surface area contributed by atoms with Crippen LogP contribution < -0.4 is 0 Å². The van der Waals surface area contributed by atoms with E-state index in [1.807, 2.05) is 30.0 Å². The van der Waals surface area contributed by atoms with Crippen LogP contribution in [0.2, 0.25) is 0 Å². The second-order valence-corrected chi connectivity index (χ2v) is 4.29. The average Bonchev–Trinajstić information content (AvgIpc) is 2.86. The lowest BCUT2D eigenvalue weighted by atomic mass is 10.0. The molecular weight excluding hydrogens is 214 g/mol. The number of likely N-dealkylation sites (tertiary alicyclic amines) is 1. The summed E-state index contributed by atoms with van der Waals surface area (Å²) in [7, 11) is 0. The minimum absolute atomic E-state index is 0.109. The second kappa shape index (κ2) is 5.82. The van der Waals surface area contributed by atoms with Gasteiger partial charge in [-0.3, -0.25) is 4.79 Å². The lowest BCUT2D eigenvalue weighted by molar-refractivity contribution is -0.136. The van der Waals surface area contributed by atoms with Gasteiger partial charge in [-0.05, 0) is 25.3 Å². The Morgan fingerprint density at radius 1 is 1.41 bits per heavy atom. The van der Waals surface area contributed by atoms with E-state index in [2.05, 4.69) is 12.1 Å². The molecule has 0 spiro atoms. The fourth-order valence-corrected chi connectivity index (χ4v) is 2.36. The Kier molecular flexibility index (Phi) is 4.15. The highest BCUT2D eigenvalue weighted by molar-refractivity contribution is 5.78. The maximum Gasteiger partial charge on any atom is 0.249 e.